The summed E-state index contributed by atoms with van der Waals surface area (Å²) < 4.78 is 0. The highest BCUT2D eigenvalue weighted by Gasteiger charge is 2.22. The van der Waals surface area contributed by atoms with Crippen molar-refractivity contribution >= 4 is 0 Å². The highest BCUT2D eigenvalue weighted by Crippen LogP contribution is 2.27. The minimum atomic E-state index is 0.502. The van der Waals surface area contributed by atoms with E-state index in [4.69, 9.17) is 0 Å². The molecule has 1 saturated heterocycles. The van der Waals surface area contributed by atoms with Gasteiger partial charge in [0.2, 0.25) is 0 Å². The van der Waals surface area contributed by atoms with Crippen LogP contribution >= 0.6 is 0 Å². The second-order valence-corrected chi connectivity index (χ2v) is 5.21. The minimum absolute atomic E-state index is 0.502. The van der Waals surface area contributed by atoms with E-state index in [-0.39, 0.29) is 0 Å². The fraction of sp³-hybridized carbons (Fsp3) is 0.571. The first-order valence-electron chi connectivity index (χ1n) is 6.46. The number of hydrogen-bond acceptors (Lipinski definition) is 2. The van der Waals surface area contributed by atoms with Gasteiger partial charge in [0.1, 0.15) is 0 Å². The van der Waals surface area contributed by atoms with Crippen molar-refractivity contribution in [3.8, 4) is 0 Å². The van der Waals surface area contributed by atoms with E-state index >= 15 is 0 Å². The molecule has 0 bridgehead atoms. The molecule has 3 rings (SSSR count). The monoisotopic (exact) mass is 216 g/mol. The van der Waals surface area contributed by atoms with Gasteiger partial charge in [0.25, 0.3) is 0 Å². The number of fused-ring (bicyclic) bond motifs is 1. The molecule has 0 saturated carbocycles. The van der Waals surface area contributed by atoms with Crippen LogP contribution in [-0.4, -0.2) is 6.04 Å². The molecule has 2 unspecified atom stereocenters. The van der Waals surface area contributed by atoms with E-state index in [1.165, 1.54) is 37.7 Å². The van der Waals surface area contributed by atoms with E-state index in [1.54, 1.807) is 11.1 Å². The molecule has 2 N–H and O–H groups in total. The lowest BCUT2D eigenvalue weighted by Gasteiger charge is -2.18. The Labute approximate surface area is 97.4 Å². The molecule has 1 aromatic rings. The molecule has 1 aromatic carbocycles. The lowest BCUT2D eigenvalue weighted by atomic mass is 9.88. The molecule has 2 aliphatic rings. The van der Waals surface area contributed by atoms with Crippen molar-refractivity contribution in [2.24, 2.45) is 0 Å². The first kappa shape index (κ1) is 10.3. The molecule has 1 aliphatic carbocycles. The third kappa shape index (κ3) is 1.87. The van der Waals surface area contributed by atoms with Gasteiger partial charge in [-0.3, -0.25) is 10.9 Å². The molecule has 2 nitrogen and oxygen atoms in total. The van der Waals surface area contributed by atoms with Crippen molar-refractivity contribution in [1.82, 2.24) is 10.9 Å². The van der Waals surface area contributed by atoms with Crippen LogP contribution in [0.1, 0.15) is 48.9 Å². The smallest absolute Gasteiger partial charge is 0.0477 e. The molecular formula is C14H20N2. The summed E-state index contributed by atoms with van der Waals surface area (Å²) in [6, 6.07) is 8.16. The zero-order valence-corrected chi connectivity index (χ0v) is 9.92. The van der Waals surface area contributed by atoms with E-state index in [2.05, 4.69) is 36.0 Å². The number of benzene rings is 1. The van der Waals surface area contributed by atoms with Crippen LogP contribution in [0.25, 0.3) is 0 Å². The number of aryl methyl sites for hydroxylation is 2. The Balaban J connectivity index is 1.85. The summed E-state index contributed by atoms with van der Waals surface area (Å²) in [6.45, 7) is 2.23. The molecule has 0 aromatic heterocycles. The highest BCUT2D eigenvalue weighted by atomic mass is 15.4. The fourth-order valence-electron chi connectivity index (χ4n) is 2.90. The summed E-state index contributed by atoms with van der Waals surface area (Å²) in [5.74, 6) is 0. The second kappa shape index (κ2) is 4.19. The van der Waals surface area contributed by atoms with Crippen molar-refractivity contribution < 1.29 is 0 Å². The van der Waals surface area contributed by atoms with Crippen molar-refractivity contribution in [2.45, 2.75) is 51.1 Å². The van der Waals surface area contributed by atoms with E-state index in [0.717, 1.165) is 0 Å². The normalized spacial score (nSPS) is 29.1. The van der Waals surface area contributed by atoms with Crippen LogP contribution in [0.5, 0.6) is 0 Å². The Morgan fingerprint density at radius 3 is 2.62 bits per heavy atom. The maximum absolute atomic E-state index is 3.38. The standard InChI is InChI=1S/C14H20N2/c1-10-8-14(16-15-10)13-7-6-11-4-2-3-5-12(11)9-13/h6-7,9-10,14-16H,2-5,8H2,1H3. The molecule has 2 heteroatoms. The van der Waals surface area contributed by atoms with Gasteiger partial charge < -0.3 is 0 Å². The largest absolute Gasteiger partial charge is 0.254 e. The van der Waals surface area contributed by atoms with Crippen LogP contribution in [0.15, 0.2) is 18.2 Å². The maximum atomic E-state index is 3.38. The second-order valence-electron chi connectivity index (χ2n) is 5.21. The summed E-state index contributed by atoms with van der Waals surface area (Å²) in [5.41, 5.74) is 11.3. The van der Waals surface area contributed by atoms with Crippen molar-refractivity contribution in [3.63, 3.8) is 0 Å². The molecule has 1 heterocycles. The number of hydrazine groups is 1. The van der Waals surface area contributed by atoms with Crippen molar-refractivity contribution in [2.75, 3.05) is 0 Å². The Morgan fingerprint density at radius 2 is 1.88 bits per heavy atom. The van der Waals surface area contributed by atoms with Gasteiger partial charge in [-0.2, -0.15) is 0 Å². The molecule has 0 spiro atoms. The van der Waals surface area contributed by atoms with E-state index in [0.29, 0.717) is 12.1 Å². The number of nitrogens with one attached hydrogen (secondary N) is 2. The highest BCUT2D eigenvalue weighted by molar-refractivity contribution is 5.35. The molecule has 16 heavy (non-hydrogen) atoms. The van der Waals surface area contributed by atoms with Crippen LogP contribution in [0.4, 0.5) is 0 Å². The summed E-state index contributed by atoms with van der Waals surface area (Å²) in [7, 11) is 0. The van der Waals surface area contributed by atoms with Crippen molar-refractivity contribution in [1.29, 1.82) is 0 Å². The summed E-state index contributed by atoms with van der Waals surface area (Å²) in [4.78, 5) is 0. The molecule has 1 aliphatic heterocycles. The molecule has 0 amide bonds. The first-order valence-corrected chi connectivity index (χ1v) is 6.46. The summed E-state index contributed by atoms with van der Waals surface area (Å²) in [5, 5.41) is 0. The van der Waals surface area contributed by atoms with Crippen LogP contribution in [-0.2, 0) is 12.8 Å². The summed E-state index contributed by atoms with van der Waals surface area (Å²) in [6.07, 6.45) is 6.48. The minimum Gasteiger partial charge on any atom is -0.254 e. The quantitative estimate of drug-likeness (QED) is 0.753. The Hall–Kier alpha value is -0.860. The summed E-state index contributed by atoms with van der Waals surface area (Å²) >= 11 is 0. The SMILES string of the molecule is CC1CC(c2ccc3c(c2)CCCC3)NN1. The number of hydrogen-bond donors (Lipinski definition) is 2. The predicted molar refractivity (Wildman–Crippen MR) is 66.2 cm³/mol. The van der Waals surface area contributed by atoms with Gasteiger partial charge in [-0.25, -0.2) is 0 Å². The van der Waals surface area contributed by atoms with Gasteiger partial charge in [0, 0.05) is 12.1 Å². The Bertz CT molecular complexity index is 386. The van der Waals surface area contributed by atoms with E-state index in [9.17, 15) is 0 Å². The number of rotatable bonds is 1. The lowest BCUT2D eigenvalue weighted by molar-refractivity contribution is 0.559. The van der Waals surface area contributed by atoms with Crippen molar-refractivity contribution in [3.05, 3.63) is 34.9 Å². The molecule has 2 atom stereocenters. The van der Waals surface area contributed by atoms with Gasteiger partial charge >= 0.3 is 0 Å². The van der Waals surface area contributed by atoms with E-state index in [1.807, 2.05) is 0 Å². The van der Waals surface area contributed by atoms with Gasteiger partial charge in [0.15, 0.2) is 0 Å². The van der Waals surface area contributed by atoms with Crippen LogP contribution in [0.3, 0.4) is 0 Å². The topological polar surface area (TPSA) is 24.1 Å². The first-order chi connectivity index (χ1) is 7.83. The van der Waals surface area contributed by atoms with Crippen LogP contribution in [0.2, 0.25) is 0 Å². The van der Waals surface area contributed by atoms with Gasteiger partial charge in [-0.05, 0) is 55.7 Å². The lowest BCUT2D eigenvalue weighted by Crippen LogP contribution is -2.28. The van der Waals surface area contributed by atoms with E-state index < -0.39 is 0 Å². The molecule has 86 valence electrons. The average molecular weight is 216 g/mol. The predicted octanol–water partition coefficient (Wildman–Crippen LogP) is 2.49. The van der Waals surface area contributed by atoms with Crippen LogP contribution < -0.4 is 10.9 Å². The molecule has 1 fully saturated rings. The maximum Gasteiger partial charge on any atom is 0.0477 e. The van der Waals surface area contributed by atoms with Crippen LogP contribution in [0, 0.1) is 0 Å². The molecular weight excluding hydrogens is 196 g/mol. The fourth-order valence-corrected chi connectivity index (χ4v) is 2.90. The van der Waals surface area contributed by atoms with Gasteiger partial charge in [0.05, 0.1) is 0 Å². The van der Waals surface area contributed by atoms with Gasteiger partial charge in [-0.15, -0.1) is 0 Å². The third-order valence-corrected chi connectivity index (χ3v) is 3.87. The Kier molecular flexibility index (Phi) is 2.70. The third-order valence-electron chi connectivity index (χ3n) is 3.87. The van der Waals surface area contributed by atoms with Gasteiger partial charge in [-0.1, -0.05) is 18.2 Å². The Morgan fingerprint density at radius 1 is 1.06 bits per heavy atom. The zero-order chi connectivity index (χ0) is 11.0. The molecule has 0 radical (unpaired) electrons. The zero-order valence-electron chi connectivity index (χ0n) is 9.92. The average Bonchev–Trinajstić information content (AvgIpc) is 2.75.